The van der Waals surface area contributed by atoms with Crippen molar-refractivity contribution < 1.29 is 9.59 Å². The highest BCUT2D eigenvalue weighted by atomic mass is 16.2. The predicted molar refractivity (Wildman–Crippen MR) is 67.3 cm³/mol. The van der Waals surface area contributed by atoms with Gasteiger partial charge in [0.25, 0.3) is 0 Å². The van der Waals surface area contributed by atoms with Gasteiger partial charge in [-0.05, 0) is 32.6 Å². The van der Waals surface area contributed by atoms with E-state index in [1.54, 1.807) is 0 Å². The van der Waals surface area contributed by atoms with Gasteiger partial charge in [0, 0.05) is 19.0 Å². The van der Waals surface area contributed by atoms with E-state index in [0.29, 0.717) is 18.8 Å². The number of carbonyl (C=O) groups is 2. The van der Waals surface area contributed by atoms with Crippen molar-refractivity contribution >= 4 is 11.8 Å². The number of carbonyl (C=O) groups excluding carboxylic acids is 2. The van der Waals surface area contributed by atoms with Crippen molar-refractivity contribution in [1.82, 2.24) is 10.6 Å². The third-order valence-corrected chi connectivity index (χ3v) is 3.13. The Hall–Kier alpha value is -1.57. The fourth-order valence-corrected chi connectivity index (χ4v) is 2.31. The third-order valence-electron chi connectivity index (χ3n) is 3.13. The molecule has 0 saturated heterocycles. The Balaban J connectivity index is 2.30. The van der Waals surface area contributed by atoms with E-state index in [0.717, 1.165) is 0 Å². The molecule has 0 unspecified atom stereocenters. The first-order chi connectivity index (χ1) is 8.39. The highest BCUT2D eigenvalue weighted by Gasteiger charge is 2.48. The molecule has 5 nitrogen and oxygen atoms in total. The van der Waals surface area contributed by atoms with E-state index >= 15 is 0 Å². The van der Waals surface area contributed by atoms with Crippen molar-refractivity contribution in [2.75, 3.05) is 6.54 Å². The van der Waals surface area contributed by atoms with Crippen LogP contribution in [0.2, 0.25) is 0 Å². The molecule has 0 atom stereocenters. The number of hydrogen-bond donors (Lipinski definition) is 2. The molecule has 0 spiro atoms. The SMILES string of the molecule is CC1CC(C#N)(C(=O)NCCC(=O)NC(C)C)C1. The Kier molecular flexibility index (Phi) is 4.71. The standard InChI is InChI=1S/C13H21N3O2/c1-9(2)16-11(17)4-5-15-12(18)13(8-14)6-10(3)7-13/h9-10H,4-7H2,1-3H3,(H,15,18)(H,16,17). The average molecular weight is 251 g/mol. The topological polar surface area (TPSA) is 82.0 Å². The predicted octanol–water partition coefficient (Wildman–Crippen LogP) is 0.957. The fourth-order valence-electron chi connectivity index (χ4n) is 2.31. The Labute approximate surface area is 108 Å². The first-order valence-electron chi connectivity index (χ1n) is 6.38. The maximum absolute atomic E-state index is 11.9. The summed E-state index contributed by atoms with van der Waals surface area (Å²) in [6.07, 6.45) is 1.49. The molecule has 1 rings (SSSR count). The third kappa shape index (κ3) is 3.46. The maximum Gasteiger partial charge on any atom is 0.240 e. The van der Waals surface area contributed by atoms with Gasteiger partial charge < -0.3 is 10.6 Å². The summed E-state index contributed by atoms with van der Waals surface area (Å²) in [4.78, 5) is 23.2. The van der Waals surface area contributed by atoms with Crippen LogP contribution in [0.1, 0.15) is 40.0 Å². The molecular formula is C13H21N3O2. The number of hydrogen-bond acceptors (Lipinski definition) is 3. The molecule has 0 aromatic rings. The smallest absolute Gasteiger partial charge is 0.240 e. The second kappa shape index (κ2) is 5.85. The van der Waals surface area contributed by atoms with Gasteiger partial charge in [0.15, 0.2) is 0 Å². The van der Waals surface area contributed by atoms with Crippen LogP contribution in [0.5, 0.6) is 0 Å². The van der Waals surface area contributed by atoms with Crippen LogP contribution in [-0.4, -0.2) is 24.4 Å². The highest BCUT2D eigenvalue weighted by Crippen LogP contribution is 2.44. The molecule has 0 radical (unpaired) electrons. The number of rotatable bonds is 5. The van der Waals surface area contributed by atoms with E-state index in [2.05, 4.69) is 16.7 Å². The minimum Gasteiger partial charge on any atom is -0.354 e. The van der Waals surface area contributed by atoms with Gasteiger partial charge in [-0.25, -0.2) is 0 Å². The average Bonchev–Trinajstić information content (AvgIpc) is 2.23. The van der Waals surface area contributed by atoms with Gasteiger partial charge in [0.1, 0.15) is 5.41 Å². The molecule has 1 aliphatic rings. The summed E-state index contributed by atoms with van der Waals surface area (Å²) in [5.41, 5.74) is -0.853. The van der Waals surface area contributed by atoms with Crippen molar-refractivity contribution in [2.24, 2.45) is 11.3 Å². The largest absolute Gasteiger partial charge is 0.354 e. The van der Waals surface area contributed by atoms with E-state index in [4.69, 9.17) is 5.26 Å². The number of nitrogens with one attached hydrogen (secondary N) is 2. The first kappa shape index (κ1) is 14.5. The first-order valence-corrected chi connectivity index (χ1v) is 6.38. The van der Waals surface area contributed by atoms with Gasteiger partial charge in [0.05, 0.1) is 6.07 Å². The lowest BCUT2D eigenvalue weighted by Gasteiger charge is -2.39. The van der Waals surface area contributed by atoms with Crippen LogP contribution in [0.3, 0.4) is 0 Å². The van der Waals surface area contributed by atoms with E-state index in [-0.39, 0.29) is 30.8 Å². The molecule has 0 heterocycles. The lowest BCUT2D eigenvalue weighted by Crippen LogP contribution is -2.48. The van der Waals surface area contributed by atoms with Crippen molar-refractivity contribution in [3.05, 3.63) is 0 Å². The molecule has 0 aliphatic heterocycles. The van der Waals surface area contributed by atoms with Crippen LogP contribution in [0.25, 0.3) is 0 Å². The summed E-state index contributed by atoms with van der Waals surface area (Å²) >= 11 is 0. The molecule has 0 bridgehead atoms. The van der Waals surface area contributed by atoms with Crippen molar-refractivity contribution in [2.45, 2.75) is 46.1 Å². The number of amides is 2. The van der Waals surface area contributed by atoms with Gasteiger partial charge in [-0.3, -0.25) is 9.59 Å². The van der Waals surface area contributed by atoms with Crippen LogP contribution in [0.4, 0.5) is 0 Å². The van der Waals surface area contributed by atoms with Gasteiger partial charge in [-0.15, -0.1) is 0 Å². The van der Waals surface area contributed by atoms with Crippen molar-refractivity contribution in [3.63, 3.8) is 0 Å². The zero-order valence-corrected chi connectivity index (χ0v) is 11.2. The molecule has 1 aliphatic carbocycles. The van der Waals surface area contributed by atoms with E-state index in [1.165, 1.54) is 0 Å². The van der Waals surface area contributed by atoms with E-state index in [1.807, 2.05) is 20.8 Å². The van der Waals surface area contributed by atoms with E-state index < -0.39 is 5.41 Å². The Morgan fingerprint density at radius 3 is 2.50 bits per heavy atom. The summed E-state index contributed by atoms with van der Waals surface area (Å²) in [7, 11) is 0. The molecule has 0 aromatic carbocycles. The molecule has 2 amide bonds. The molecule has 18 heavy (non-hydrogen) atoms. The summed E-state index contributed by atoms with van der Waals surface area (Å²) in [6.45, 7) is 6.09. The highest BCUT2D eigenvalue weighted by molar-refractivity contribution is 5.87. The van der Waals surface area contributed by atoms with Crippen LogP contribution >= 0.6 is 0 Å². The van der Waals surface area contributed by atoms with Gasteiger partial charge in [0.2, 0.25) is 11.8 Å². The minimum absolute atomic E-state index is 0.0849. The summed E-state index contributed by atoms with van der Waals surface area (Å²) < 4.78 is 0. The number of nitriles is 1. The normalized spacial score (nSPS) is 26.1. The number of nitrogens with zero attached hydrogens (tertiary/aromatic N) is 1. The fraction of sp³-hybridized carbons (Fsp3) is 0.769. The summed E-state index contributed by atoms with van der Waals surface area (Å²) in [5.74, 6) is 0.110. The van der Waals surface area contributed by atoms with Gasteiger partial charge in [-0.1, -0.05) is 6.92 Å². The van der Waals surface area contributed by atoms with Gasteiger partial charge >= 0.3 is 0 Å². The molecule has 100 valence electrons. The second-order valence-corrected chi connectivity index (χ2v) is 5.44. The Morgan fingerprint density at radius 2 is 2.06 bits per heavy atom. The van der Waals surface area contributed by atoms with E-state index in [9.17, 15) is 9.59 Å². The second-order valence-electron chi connectivity index (χ2n) is 5.44. The van der Waals surface area contributed by atoms with Crippen molar-refractivity contribution in [3.8, 4) is 6.07 Å². The lowest BCUT2D eigenvalue weighted by atomic mass is 9.63. The monoisotopic (exact) mass is 251 g/mol. The van der Waals surface area contributed by atoms with Gasteiger partial charge in [-0.2, -0.15) is 5.26 Å². The van der Waals surface area contributed by atoms with Crippen LogP contribution in [-0.2, 0) is 9.59 Å². The zero-order valence-electron chi connectivity index (χ0n) is 11.2. The molecule has 0 aromatic heterocycles. The van der Waals surface area contributed by atoms with Crippen molar-refractivity contribution in [1.29, 1.82) is 5.26 Å². The zero-order chi connectivity index (χ0) is 13.8. The Morgan fingerprint density at radius 1 is 1.44 bits per heavy atom. The maximum atomic E-state index is 11.9. The quantitative estimate of drug-likeness (QED) is 0.763. The minimum atomic E-state index is -0.853. The molecular weight excluding hydrogens is 230 g/mol. The molecule has 1 saturated carbocycles. The molecule has 5 heteroatoms. The summed E-state index contributed by atoms with van der Waals surface area (Å²) in [5, 5.41) is 14.5. The van der Waals surface area contributed by atoms with Crippen LogP contribution in [0.15, 0.2) is 0 Å². The van der Waals surface area contributed by atoms with Crippen LogP contribution < -0.4 is 10.6 Å². The van der Waals surface area contributed by atoms with Crippen LogP contribution in [0, 0.1) is 22.7 Å². The Bertz CT molecular complexity index is 365. The summed E-state index contributed by atoms with van der Waals surface area (Å²) in [6, 6.07) is 2.21. The lowest BCUT2D eigenvalue weighted by molar-refractivity contribution is -0.134. The molecule has 1 fully saturated rings. The molecule has 2 N–H and O–H groups in total.